The average Bonchev–Trinajstić information content (AvgIpc) is 2.47. The number of hydrazine groups is 1. The van der Waals surface area contributed by atoms with E-state index in [0.29, 0.717) is 0 Å². The summed E-state index contributed by atoms with van der Waals surface area (Å²) in [5, 5.41) is 0. The summed E-state index contributed by atoms with van der Waals surface area (Å²) in [4.78, 5) is 7.27. The lowest BCUT2D eigenvalue weighted by Crippen LogP contribution is -2.27. The van der Waals surface area contributed by atoms with Gasteiger partial charge < -0.3 is 0 Å². The van der Waals surface area contributed by atoms with Crippen molar-refractivity contribution in [1.82, 2.24) is 9.97 Å². The van der Waals surface area contributed by atoms with E-state index < -0.39 is 15.8 Å². The maximum atomic E-state index is 13.6. The van der Waals surface area contributed by atoms with E-state index in [1.165, 1.54) is 25.2 Å². The third-order valence-electron chi connectivity index (χ3n) is 2.61. The Morgan fingerprint density at radius 3 is 2.40 bits per heavy atom. The van der Waals surface area contributed by atoms with Crippen molar-refractivity contribution >= 4 is 21.7 Å². The number of hydrogen-bond acceptors (Lipinski definition) is 6. The number of nitrogen functional groups attached to an aromatic ring is 1. The molecule has 0 bridgehead atoms. The van der Waals surface area contributed by atoms with Crippen molar-refractivity contribution in [3.63, 3.8) is 0 Å². The normalized spacial score (nSPS) is 11.2. The SMILES string of the molecule is CN(c1ccccc1F)S(=O)(=O)c1cnc(NN)nc1. The maximum absolute atomic E-state index is 13.6. The Bertz CT molecular complexity index is 705. The van der Waals surface area contributed by atoms with Gasteiger partial charge in [0, 0.05) is 7.05 Å². The molecule has 2 aromatic rings. The second kappa shape index (κ2) is 5.39. The fourth-order valence-corrected chi connectivity index (χ4v) is 2.61. The first kappa shape index (κ1) is 14.2. The van der Waals surface area contributed by atoms with Gasteiger partial charge in [-0.2, -0.15) is 0 Å². The molecule has 0 aliphatic rings. The van der Waals surface area contributed by atoms with E-state index >= 15 is 0 Å². The van der Waals surface area contributed by atoms with Gasteiger partial charge in [0.1, 0.15) is 10.7 Å². The van der Waals surface area contributed by atoms with Crippen LogP contribution in [0.5, 0.6) is 0 Å². The Balaban J connectivity index is 2.41. The number of aromatic nitrogens is 2. The molecule has 1 aromatic carbocycles. The van der Waals surface area contributed by atoms with Crippen LogP contribution in [-0.2, 0) is 10.0 Å². The number of halogens is 1. The summed E-state index contributed by atoms with van der Waals surface area (Å²) in [6, 6.07) is 5.56. The largest absolute Gasteiger partial charge is 0.292 e. The van der Waals surface area contributed by atoms with Gasteiger partial charge in [0.05, 0.1) is 18.1 Å². The third kappa shape index (κ3) is 2.53. The molecule has 106 valence electrons. The molecule has 0 saturated heterocycles. The molecule has 2 rings (SSSR count). The van der Waals surface area contributed by atoms with Crippen molar-refractivity contribution in [2.75, 3.05) is 16.8 Å². The number of sulfonamides is 1. The molecule has 9 heteroatoms. The number of anilines is 2. The second-order valence-electron chi connectivity index (χ2n) is 3.81. The molecular weight excluding hydrogens is 285 g/mol. The van der Waals surface area contributed by atoms with Gasteiger partial charge in [-0.15, -0.1) is 0 Å². The highest BCUT2D eigenvalue weighted by Gasteiger charge is 2.24. The Kier molecular flexibility index (Phi) is 3.81. The van der Waals surface area contributed by atoms with Gasteiger partial charge in [-0.05, 0) is 12.1 Å². The molecule has 0 saturated carbocycles. The Hall–Kier alpha value is -2.26. The highest BCUT2D eigenvalue weighted by Crippen LogP contribution is 2.23. The molecule has 0 aliphatic heterocycles. The third-order valence-corrected chi connectivity index (χ3v) is 4.33. The van der Waals surface area contributed by atoms with Crippen molar-refractivity contribution in [2.24, 2.45) is 5.84 Å². The lowest BCUT2D eigenvalue weighted by molar-refractivity contribution is 0.589. The molecule has 0 spiro atoms. The number of rotatable bonds is 4. The molecule has 3 N–H and O–H groups in total. The molecule has 0 atom stereocenters. The summed E-state index contributed by atoms with van der Waals surface area (Å²) in [5.41, 5.74) is 2.12. The van der Waals surface area contributed by atoms with Crippen molar-refractivity contribution in [3.05, 3.63) is 42.5 Å². The van der Waals surface area contributed by atoms with Gasteiger partial charge in [0.25, 0.3) is 10.0 Å². The van der Waals surface area contributed by atoms with Crippen LogP contribution >= 0.6 is 0 Å². The van der Waals surface area contributed by atoms with E-state index in [1.54, 1.807) is 6.07 Å². The number of benzene rings is 1. The van der Waals surface area contributed by atoms with E-state index in [-0.39, 0.29) is 16.5 Å². The first-order valence-electron chi connectivity index (χ1n) is 5.49. The van der Waals surface area contributed by atoms with E-state index in [2.05, 4.69) is 15.4 Å². The summed E-state index contributed by atoms with van der Waals surface area (Å²) < 4.78 is 39.1. The number of nitrogens with two attached hydrogens (primary N) is 1. The Morgan fingerprint density at radius 2 is 1.85 bits per heavy atom. The summed E-state index contributed by atoms with van der Waals surface area (Å²) in [6.45, 7) is 0. The lowest BCUT2D eigenvalue weighted by atomic mass is 10.3. The highest BCUT2D eigenvalue weighted by atomic mass is 32.2. The van der Waals surface area contributed by atoms with Gasteiger partial charge in [-0.1, -0.05) is 12.1 Å². The van der Waals surface area contributed by atoms with E-state index in [4.69, 9.17) is 5.84 Å². The fraction of sp³-hybridized carbons (Fsp3) is 0.0909. The van der Waals surface area contributed by atoms with Crippen LogP contribution in [0, 0.1) is 5.82 Å². The molecule has 20 heavy (non-hydrogen) atoms. The molecule has 1 aromatic heterocycles. The van der Waals surface area contributed by atoms with Crippen molar-refractivity contribution in [2.45, 2.75) is 4.90 Å². The maximum Gasteiger partial charge on any atom is 0.267 e. The van der Waals surface area contributed by atoms with E-state index in [1.807, 2.05) is 0 Å². The van der Waals surface area contributed by atoms with Crippen LogP contribution in [0.4, 0.5) is 16.0 Å². The molecule has 0 unspecified atom stereocenters. The van der Waals surface area contributed by atoms with Crippen molar-refractivity contribution < 1.29 is 12.8 Å². The Labute approximate surface area is 115 Å². The Morgan fingerprint density at radius 1 is 1.25 bits per heavy atom. The van der Waals surface area contributed by atoms with Crippen LogP contribution in [0.3, 0.4) is 0 Å². The van der Waals surface area contributed by atoms with Crippen LogP contribution in [-0.4, -0.2) is 25.4 Å². The van der Waals surface area contributed by atoms with Crippen LogP contribution in [0.2, 0.25) is 0 Å². The average molecular weight is 297 g/mol. The monoisotopic (exact) mass is 297 g/mol. The molecule has 0 amide bonds. The highest BCUT2D eigenvalue weighted by molar-refractivity contribution is 7.92. The number of para-hydroxylation sites is 1. The minimum atomic E-state index is -3.94. The van der Waals surface area contributed by atoms with Gasteiger partial charge in [-0.3, -0.25) is 9.73 Å². The molecule has 7 nitrogen and oxygen atoms in total. The van der Waals surface area contributed by atoms with E-state index in [9.17, 15) is 12.8 Å². The lowest BCUT2D eigenvalue weighted by Gasteiger charge is -2.19. The van der Waals surface area contributed by atoms with Gasteiger partial charge in [-0.25, -0.2) is 28.6 Å². The topological polar surface area (TPSA) is 101 Å². The van der Waals surface area contributed by atoms with Gasteiger partial charge in [0.15, 0.2) is 0 Å². The van der Waals surface area contributed by atoms with Gasteiger partial charge in [0.2, 0.25) is 5.95 Å². The van der Waals surface area contributed by atoms with Crippen molar-refractivity contribution in [1.29, 1.82) is 0 Å². The van der Waals surface area contributed by atoms with Gasteiger partial charge >= 0.3 is 0 Å². The quantitative estimate of drug-likeness (QED) is 0.637. The first-order valence-corrected chi connectivity index (χ1v) is 6.93. The van der Waals surface area contributed by atoms with Crippen LogP contribution in [0.15, 0.2) is 41.6 Å². The zero-order chi connectivity index (χ0) is 14.8. The van der Waals surface area contributed by atoms with Crippen LogP contribution in [0.25, 0.3) is 0 Å². The molecule has 0 aliphatic carbocycles. The predicted octanol–water partition coefficient (Wildman–Crippen LogP) is 0.726. The fourth-order valence-electron chi connectivity index (χ4n) is 1.52. The summed E-state index contributed by atoms with van der Waals surface area (Å²) >= 11 is 0. The molecule has 1 heterocycles. The zero-order valence-corrected chi connectivity index (χ0v) is 11.3. The predicted molar refractivity (Wildman–Crippen MR) is 71.8 cm³/mol. The molecule has 0 fully saturated rings. The number of hydrogen-bond donors (Lipinski definition) is 2. The zero-order valence-electron chi connectivity index (χ0n) is 10.5. The molecule has 0 radical (unpaired) electrons. The minimum absolute atomic E-state index is 0.0615. The van der Waals surface area contributed by atoms with Crippen LogP contribution < -0.4 is 15.6 Å². The second-order valence-corrected chi connectivity index (χ2v) is 5.78. The molecular formula is C11H12FN5O2S. The standard InChI is InChI=1S/C11H12FN5O2S/c1-17(10-5-3-2-4-9(10)12)20(18,19)8-6-14-11(16-13)15-7-8/h2-7H,13H2,1H3,(H,14,15,16). The summed E-state index contributed by atoms with van der Waals surface area (Å²) in [5.74, 6) is 4.54. The first-order chi connectivity index (χ1) is 9.46. The summed E-state index contributed by atoms with van der Waals surface area (Å²) in [7, 11) is -2.69. The number of nitrogens with one attached hydrogen (secondary N) is 1. The van der Waals surface area contributed by atoms with Crippen LogP contribution in [0.1, 0.15) is 0 Å². The number of nitrogens with zero attached hydrogens (tertiary/aromatic N) is 3. The minimum Gasteiger partial charge on any atom is -0.292 e. The summed E-state index contributed by atoms with van der Waals surface area (Å²) in [6.07, 6.45) is 2.18. The van der Waals surface area contributed by atoms with Crippen molar-refractivity contribution in [3.8, 4) is 0 Å². The van der Waals surface area contributed by atoms with E-state index in [0.717, 1.165) is 16.7 Å². The smallest absolute Gasteiger partial charge is 0.267 e.